The van der Waals surface area contributed by atoms with Crippen LogP contribution < -0.4 is 5.32 Å². The summed E-state index contributed by atoms with van der Waals surface area (Å²) in [6, 6.07) is 0. The van der Waals surface area contributed by atoms with Crippen LogP contribution in [-0.4, -0.2) is 42.9 Å². The molecule has 0 atom stereocenters. The third kappa shape index (κ3) is 3.85. The summed E-state index contributed by atoms with van der Waals surface area (Å²) < 4.78 is 0. The van der Waals surface area contributed by atoms with E-state index in [0.29, 0.717) is 0 Å². The van der Waals surface area contributed by atoms with Gasteiger partial charge in [-0.15, -0.1) is 0 Å². The van der Waals surface area contributed by atoms with Crippen molar-refractivity contribution < 1.29 is 4.79 Å². The van der Waals surface area contributed by atoms with E-state index in [1.807, 2.05) is 0 Å². The molecular weight excluding hydrogens is 176 g/mol. The van der Waals surface area contributed by atoms with E-state index in [1.54, 1.807) is 6.08 Å². The van der Waals surface area contributed by atoms with E-state index >= 15 is 0 Å². The molecule has 0 aromatic carbocycles. The molecule has 0 bridgehead atoms. The predicted octanol–water partition coefficient (Wildman–Crippen LogP) is 0.213. The molecule has 4 heteroatoms. The molecule has 0 saturated carbocycles. The maximum Gasteiger partial charge on any atom is 0.244 e. The molecule has 0 unspecified atom stereocenters. The average Bonchev–Trinajstić information content (AvgIpc) is 2.05. The summed E-state index contributed by atoms with van der Waals surface area (Å²) in [6.45, 7) is 4.97. The lowest BCUT2D eigenvalue weighted by Crippen LogP contribution is -2.43. The van der Waals surface area contributed by atoms with Gasteiger partial charge in [-0.3, -0.25) is 9.69 Å². The maximum absolute atomic E-state index is 10.3. The standard InChI is InChI=1S/C8H13ClN2O/c9-8(12)2-1-5-11-6-3-10-4-7-11/h1-2,10H,3-7H2/b2-1+. The van der Waals surface area contributed by atoms with Crippen LogP contribution in [-0.2, 0) is 4.79 Å². The molecule has 1 aliphatic rings. The Balaban J connectivity index is 2.17. The van der Waals surface area contributed by atoms with Crippen LogP contribution in [0.3, 0.4) is 0 Å². The van der Waals surface area contributed by atoms with Crippen molar-refractivity contribution in [1.82, 2.24) is 10.2 Å². The minimum absolute atomic E-state index is 0.398. The normalized spacial score (nSPS) is 20.1. The summed E-state index contributed by atoms with van der Waals surface area (Å²) in [5, 5.41) is 2.86. The van der Waals surface area contributed by atoms with E-state index in [4.69, 9.17) is 11.6 Å². The zero-order valence-corrected chi connectivity index (χ0v) is 7.68. The Morgan fingerprint density at radius 3 is 2.75 bits per heavy atom. The van der Waals surface area contributed by atoms with Gasteiger partial charge >= 0.3 is 0 Å². The highest BCUT2D eigenvalue weighted by Gasteiger charge is 2.06. The summed E-state index contributed by atoms with van der Waals surface area (Å²) in [5.41, 5.74) is 0. The minimum atomic E-state index is -0.398. The Hall–Kier alpha value is -0.380. The highest BCUT2D eigenvalue weighted by Crippen LogP contribution is 1.92. The largest absolute Gasteiger partial charge is 0.314 e. The molecule has 12 heavy (non-hydrogen) atoms. The molecule has 0 aromatic rings. The van der Waals surface area contributed by atoms with Gasteiger partial charge in [0, 0.05) is 32.7 Å². The van der Waals surface area contributed by atoms with Crippen LogP contribution in [0.25, 0.3) is 0 Å². The molecule has 1 saturated heterocycles. The van der Waals surface area contributed by atoms with Gasteiger partial charge in [-0.1, -0.05) is 6.08 Å². The molecule has 3 nitrogen and oxygen atoms in total. The zero-order valence-electron chi connectivity index (χ0n) is 6.92. The van der Waals surface area contributed by atoms with Gasteiger partial charge in [-0.25, -0.2) is 0 Å². The summed E-state index contributed by atoms with van der Waals surface area (Å²) in [4.78, 5) is 12.6. The number of carbonyl (C=O) groups excluding carboxylic acids is 1. The van der Waals surface area contributed by atoms with Crippen LogP contribution in [0.2, 0.25) is 0 Å². The Kier molecular flexibility index (Phi) is 4.29. The highest BCUT2D eigenvalue weighted by molar-refractivity contribution is 6.66. The van der Waals surface area contributed by atoms with Crippen molar-refractivity contribution in [3.63, 3.8) is 0 Å². The number of hydrogen-bond acceptors (Lipinski definition) is 3. The number of hydrogen-bond donors (Lipinski definition) is 1. The summed E-state index contributed by atoms with van der Waals surface area (Å²) >= 11 is 5.14. The van der Waals surface area contributed by atoms with E-state index in [1.165, 1.54) is 6.08 Å². The van der Waals surface area contributed by atoms with Crippen LogP contribution in [0, 0.1) is 0 Å². The molecule has 0 aromatic heterocycles. The van der Waals surface area contributed by atoms with Crippen LogP contribution in [0.5, 0.6) is 0 Å². The third-order valence-electron chi connectivity index (χ3n) is 1.82. The number of piperazine rings is 1. The Labute approximate surface area is 77.4 Å². The molecule has 0 radical (unpaired) electrons. The lowest BCUT2D eigenvalue weighted by molar-refractivity contribution is -0.107. The third-order valence-corrected chi connectivity index (χ3v) is 1.95. The Morgan fingerprint density at radius 1 is 1.50 bits per heavy atom. The van der Waals surface area contributed by atoms with Crippen molar-refractivity contribution in [1.29, 1.82) is 0 Å². The van der Waals surface area contributed by atoms with Crippen molar-refractivity contribution in [2.75, 3.05) is 32.7 Å². The molecule has 1 heterocycles. The van der Waals surface area contributed by atoms with Gasteiger partial charge < -0.3 is 5.32 Å². The van der Waals surface area contributed by atoms with Crippen molar-refractivity contribution in [3.05, 3.63) is 12.2 Å². The second-order valence-electron chi connectivity index (χ2n) is 2.76. The molecular formula is C8H13ClN2O. The second-order valence-corrected chi connectivity index (χ2v) is 3.13. The molecule has 1 aliphatic heterocycles. The maximum atomic E-state index is 10.3. The molecule has 1 N–H and O–H groups in total. The van der Waals surface area contributed by atoms with Crippen molar-refractivity contribution in [2.45, 2.75) is 0 Å². The fourth-order valence-corrected chi connectivity index (χ4v) is 1.28. The first-order chi connectivity index (χ1) is 5.79. The van der Waals surface area contributed by atoms with Crippen molar-refractivity contribution >= 4 is 16.8 Å². The predicted molar refractivity (Wildman–Crippen MR) is 49.3 cm³/mol. The molecule has 1 fully saturated rings. The fourth-order valence-electron chi connectivity index (χ4n) is 1.19. The van der Waals surface area contributed by atoms with E-state index in [-0.39, 0.29) is 0 Å². The first-order valence-electron chi connectivity index (χ1n) is 4.08. The van der Waals surface area contributed by atoms with Gasteiger partial charge in [0.15, 0.2) is 0 Å². The lowest BCUT2D eigenvalue weighted by Gasteiger charge is -2.25. The van der Waals surface area contributed by atoms with Gasteiger partial charge in [0.05, 0.1) is 0 Å². The first kappa shape index (κ1) is 9.71. The van der Waals surface area contributed by atoms with Crippen LogP contribution >= 0.6 is 11.6 Å². The molecule has 68 valence electrons. The second kappa shape index (κ2) is 5.30. The van der Waals surface area contributed by atoms with E-state index < -0.39 is 5.24 Å². The van der Waals surface area contributed by atoms with E-state index in [2.05, 4.69) is 10.2 Å². The lowest BCUT2D eigenvalue weighted by atomic mass is 10.3. The fraction of sp³-hybridized carbons (Fsp3) is 0.625. The number of nitrogens with one attached hydrogen (secondary N) is 1. The summed E-state index contributed by atoms with van der Waals surface area (Å²) in [5.74, 6) is 0. The Morgan fingerprint density at radius 2 is 2.17 bits per heavy atom. The number of carbonyl (C=O) groups is 1. The van der Waals surface area contributed by atoms with Gasteiger partial charge in [0.2, 0.25) is 5.24 Å². The number of rotatable bonds is 3. The summed E-state index contributed by atoms with van der Waals surface area (Å²) in [6.07, 6.45) is 3.21. The van der Waals surface area contributed by atoms with Crippen LogP contribution in [0.1, 0.15) is 0 Å². The van der Waals surface area contributed by atoms with Gasteiger partial charge in [-0.2, -0.15) is 0 Å². The minimum Gasteiger partial charge on any atom is -0.314 e. The van der Waals surface area contributed by atoms with Crippen LogP contribution in [0.4, 0.5) is 0 Å². The highest BCUT2D eigenvalue weighted by atomic mass is 35.5. The number of halogens is 1. The van der Waals surface area contributed by atoms with E-state index in [0.717, 1.165) is 32.7 Å². The van der Waals surface area contributed by atoms with Crippen molar-refractivity contribution in [2.24, 2.45) is 0 Å². The monoisotopic (exact) mass is 188 g/mol. The summed E-state index contributed by atoms with van der Waals surface area (Å²) in [7, 11) is 0. The number of allylic oxidation sites excluding steroid dienone is 1. The Bertz CT molecular complexity index is 176. The molecule has 0 amide bonds. The average molecular weight is 189 g/mol. The van der Waals surface area contributed by atoms with Crippen molar-refractivity contribution in [3.8, 4) is 0 Å². The van der Waals surface area contributed by atoms with Gasteiger partial charge in [-0.05, 0) is 17.7 Å². The van der Waals surface area contributed by atoms with Gasteiger partial charge in [0.1, 0.15) is 0 Å². The molecule has 0 spiro atoms. The van der Waals surface area contributed by atoms with Crippen LogP contribution in [0.15, 0.2) is 12.2 Å². The zero-order chi connectivity index (χ0) is 8.81. The molecule has 1 rings (SSSR count). The van der Waals surface area contributed by atoms with Gasteiger partial charge in [0.25, 0.3) is 0 Å². The first-order valence-corrected chi connectivity index (χ1v) is 4.46. The smallest absolute Gasteiger partial charge is 0.244 e. The molecule has 0 aliphatic carbocycles. The SMILES string of the molecule is O=C(Cl)/C=C/CN1CCNCC1. The number of nitrogens with zero attached hydrogens (tertiary/aromatic N) is 1. The van der Waals surface area contributed by atoms with E-state index in [9.17, 15) is 4.79 Å². The topological polar surface area (TPSA) is 32.3 Å². The quantitative estimate of drug-likeness (QED) is 0.508.